The number of hydrogen-bond donors (Lipinski definition) is 1. The van der Waals surface area contributed by atoms with E-state index in [1.54, 1.807) is 0 Å². The minimum atomic E-state index is -3.00. The van der Waals surface area contributed by atoms with E-state index in [4.69, 9.17) is 5.73 Å². The molecule has 1 aromatic rings. The fourth-order valence-corrected chi connectivity index (χ4v) is 1.40. The van der Waals surface area contributed by atoms with Crippen LogP contribution in [0.3, 0.4) is 0 Å². The summed E-state index contributed by atoms with van der Waals surface area (Å²) in [4.78, 5) is 0. The van der Waals surface area contributed by atoms with Crippen molar-refractivity contribution in [1.29, 1.82) is 0 Å². The molecule has 0 saturated heterocycles. The van der Waals surface area contributed by atoms with Gasteiger partial charge in [0.15, 0.2) is 0 Å². The Morgan fingerprint density at radius 2 is 1.53 bits per heavy atom. The Morgan fingerprint density at radius 3 is 1.87 bits per heavy atom. The van der Waals surface area contributed by atoms with E-state index in [1.807, 2.05) is 0 Å². The third kappa shape index (κ3) is 3.32. The Bertz CT molecular complexity index is 324. The van der Waals surface area contributed by atoms with Crippen LogP contribution in [0.5, 0.6) is 0 Å². The fourth-order valence-electron chi connectivity index (χ4n) is 0.998. The van der Waals surface area contributed by atoms with Crippen molar-refractivity contribution in [3.63, 3.8) is 0 Å². The van der Waals surface area contributed by atoms with Gasteiger partial charge in [0.2, 0.25) is 0 Å². The maximum atomic E-state index is 13.0. The third-order valence-electron chi connectivity index (χ3n) is 1.65. The lowest BCUT2D eigenvalue weighted by atomic mass is 10.1. The summed E-state index contributed by atoms with van der Waals surface area (Å²) in [5.74, 6) is -2.16. The van der Waals surface area contributed by atoms with E-state index >= 15 is 0 Å². The van der Waals surface area contributed by atoms with Gasteiger partial charge in [-0.3, -0.25) is 0 Å². The van der Waals surface area contributed by atoms with Crippen LogP contribution >= 0.6 is 28.3 Å². The van der Waals surface area contributed by atoms with Gasteiger partial charge in [0.05, 0.1) is 6.04 Å². The summed E-state index contributed by atoms with van der Waals surface area (Å²) in [6, 6.07) is -0.163. The predicted molar refractivity (Wildman–Crippen MR) is 54.2 cm³/mol. The Balaban J connectivity index is 0.00000196. The lowest BCUT2D eigenvalue weighted by molar-refractivity contribution is 0.113. The molecule has 1 aromatic carbocycles. The molecule has 0 fully saturated rings. The molecule has 1 nitrogen and oxygen atoms in total. The van der Waals surface area contributed by atoms with Crippen molar-refractivity contribution in [2.24, 2.45) is 5.73 Å². The maximum Gasteiger partial charge on any atom is 0.257 e. The molecule has 0 heterocycles. The molecule has 0 aliphatic carbocycles. The van der Waals surface area contributed by atoms with Crippen molar-refractivity contribution in [3.8, 4) is 0 Å². The third-order valence-corrected chi connectivity index (χ3v) is 2.11. The molecule has 0 unspecified atom stereocenters. The molecule has 15 heavy (non-hydrogen) atoms. The lowest BCUT2D eigenvalue weighted by Gasteiger charge is -2.12. The second-order valence-electron chi connectivity index (χ2n) is 2.64. The van der Waals surface area contributed by atoms with Crippen molar-refractivity contribution in [1.82, 2.24) is 0 Å². The molecule has 0 bridgehead atoms. The second kappa shape index (κ2) is 5.67. The van der Waals surface area contributed by atoms with Crippen molar-refractivity contribution in [2.75, 3.05) is 0 Å². The standard InChI is InChI=1S/C8H6BrF4N.ClH/c9-3-1-4(10)6(5(11)2-3)7(14)8(12)13;/h1-2,7-8H,14H2;1H/t7-;/m1./s1. The summed E-state index contributed by atoms with van der Waals surface area (Å²) in [5, 5.41) is 0. The van der Waals surface area contributed by atoms with Gasteiger partial charge in [-0.25, -0.2) is 17.6 Å². The summed E-state index contributed by atoms with van der Waals surface area (Å²) >= 11 is 2.82. The van der Waals surface area contributed by atoms with Crippen molar-refractivity contribution >= 4 is 28.3 Å². The molecule has 0 aromatic heterocycles. The smallest absolute Gasteiger partial charge is 0.257 e. The van der Waals surface area contributed by atoms with Crippen molar-refractivity contribution in [3.05, 3.63) is 33.8 Å². The summed E-state index contributed by atoms with van der Waals surface area (Å²) in [7, 11) is 0. The molecular weight excluding hydrogens is 301 g/mol. The first-order valence-electron chi connectivity index (χ1n) is 3.61. The Morgan fingerprint density at radius 1 is 1.13 bits per heavy atom. The monoisotopic (exact) mass is 307 g/mol. The number of halogens is 6. The van der Waals surface area contributed by atoms with E-state index in [9.17, 15) is 17.6 Å². The van der Waals surface area contributed by atoms with Crippen LogP contribution in [0.4, 0.5) is 17.6 Å². The topological polar surface area (TPSA) is 26.0 Å². The highest BCUT2D eigenvalue weighted by atomic mass is 79.9. The van der Waals surface area contributed by atoms with Gasteiger partial charge in [0.25, 0.3) is 6.43 Å². The molecule has 7 heteroatoms. The highest BCUT2D eigenvalue weighted by Gasteiger charge is 2.24. The van der Waals surface area contributed by atoms with Crippen molar-refractivity contribution in [2.45, 2.75) is 12.5 Å². The lowest BCUT2D eigenvalue weighted by Crippen LogP contribution is -2.21. The quantitative estimate of drug-likeness (QED) is 0.833. The molecule has 0 amide bonds. The molecule has 0 aliphatic heterocycles. The predicted octanol–water partition coefficient (Wildman–Crippen LogP) is 3.41. The highest BCUT2D eigenvalue weighted by molar-refractivity contribution is 9.10. The second-order valence-corrected chi connectivity index (χ2v) is 3.56. The zero-order chi connectivity index (χ0) is 10.9. The Labute approximate surface area is 98.2 Å². The average molecular weight is 308 g/mol. The molecule has 0 radical (unpaired) electrons. The van der Waals surface area contributed by atoms with Crippen LogP contribution < -0.4 is 5.73 Å². The molecule has 2 N–H and O–H groups in total. The van der Waals surface area contributed by atoms with Crippen LogP contribution in [0.2, 0.25) is 0 Å². The normalized spacial score (nSPS) is 12.5. The maximum absolute atomic E-state index is 13.0. The first-order valence-corrected chi connectivity index (χ1v) is 4.41. The average Bonchev–Trinajstić information content (AvgIpc) is 2.01. The van der Waals surface area contributed by atoms with E-state index < -0.39 is 29.7 Å². The van der Waals surface area contributed by atoms with E-state index in [0.717, 1.165) is 12.1 Å². The van der Waals surface area contributed by atoms with Gasteiger partial charge in [-0.05, 0) is 12.1 Å². The Kier molecular flexibility index (Phi) is 5.55. The molecule has 86 valence electrons. The molecular formula is C8H7BrClF4N. The van der Waals surface area contributed by atoms with Crippen LogP contribution in [-0.4, -0.2) is 6.43 Å². The van der Waals surface area contributed by atoms with Gasteiger partial charge >= 0.3 is 0 Å². The SMILES string of the molecule is Cl.N[C@H](c1c(F)cc(Br)cc1F)C(F)F. The van der Waals surface area contributed by atoms with Crippen molar-refractivity contribution < 1.29 is 17.6 Å². The zero-order valence-corrected chi connectivity index (χ0v) is 9.59. The van der Waals surface area contributed by atoms with E-state index in [-0.39, 0.29) is 16.9 Å². The summed E-state index contributed by atoms with van der Waals surface area (Å²) in [6.45, 7) is 0. The minimum absolute atomic E-state index is 0. The zero-order valence-electron chi connectivity index (χ0n) is 7.18. The fraction of sp³-hybridized carbons (Fsp3) is 0.250. The molecule has 0 spiro atoms. The van der Waals surface area contributed by atoms with Gasteiger partial charge in [-0.2, -0.15) is 0 Å². The first kappa shape index (κ1) is 14.7. The van der Waals surface area contributed by atoms with Gasteiger partial charge in [-0.15, -0.1) is 12.4 Å². The first-order chi connectivity index (χ1) is 6.43. The minimum Gasteiger partial charge on any atom is -0.319 e. The van der Waals surface area contributed by atoms with Crippen LogP contribution in [0.25, 0.3) is 0 Å². The number of alkyl halides is 2. The van der Waals surface area contributed by atoms with E-state index in [0.29, 0.717) is 0 Å². The molecule has 0 aliphatic rings. The van der Waals surface area contributed by atoms with E-state index in [1.165, 1.54) is 0 Å². The number of nitrogens with two attached hydrogens (primary N) is 1. The highest BCUT2D eigenvalue weighted by Crippen LogP contribution is 2.26. The van der Waals surface area contributed by atoms with E-state index in [2.05, 4.69) is 15.9 Å². The summed E-state index contributed by atoms with van der Waals surface area (Å²) in [6.07, 6.45) is -3.00. The number of benzene rings is 1. The van der Waals surface area contributed by atoms with Gasteiger partial charge in [0.1, 0.15) is 11.6 Å². The van der Waals surface area contributed by atoms with Gasteiger partial charge in [0, 0.05) is 10.0 Å². The molecule has 1 rings (SSSR count). The van der Waals surface area contributed by atoms with Crippen LogP contribution in [-0.2, 0) is 0 Å². The Hall–Kier alpha value is -0.330. The van der Waals surface area contributed by atoms with Crippen LogP contribution in [0.15, 0.2) is 16.6 Å². The van der Waals surface area contributed by atoms with Crippen LogP contribution in [0, 0.1) is 11.6 Å². The van der Waals surface area contributed by atoms with Crippen LogP contribution in [0.1, 0.15) is 11.6 Å². The van der Waals surface area contributed by atoms with Gasteiger partial charge < -0.3 is 5.73 Å². The molecule has 0 saturated carbocycles. The summed E-state index contributed by atoms with van der Waals surface area (Å²) in [5.41, 5.74) is 4.16. The number of rotatable bonds is 2. The largest absolute Gasteiger partial charge is 0.319 e. The van der Waals surface area contributed by atoms with Gasteiger partial charge in [-0.1, -0.05) is 15.9 Å². The number of hydrogen-bond acceptors (Lipinski definition) is 1. The summed E-state index contributed by atoms with van der Waals surface area (Å²) < 4.78 is 50.4. The molecule has 1 atom stereocenters.